The molecule has 2 aromatic carbocycles. The zero-order valence-electron chi connectivity index (χ0n) is 18.7. The summed E-state index contributed by atoms with van der Waals surface area (Å²) in [6, 6.07) is 11.8. The van der Waals surface area contributed by atoms with Gasteiger partial charge in [-0.05, 0) is 61.6 Å². The predicted molar refractivity (Wildman–Crippen MR) is 120 cm³/mol. The number of nitrogens with zero attached hydrogens (tertiary/aromatic N) is 2. The standard InChI is InChI=1S/C25H30N2O4/c1-16-7-5-8-20(17(16)2)27-15-19(14-24(27)28)25(29)26-12-6-9-21(26)18-10-11-22(30-3)23(13-18)31-4/h5,7-8,10-11,13,19,21H,6,9,12,14-15H2,1-4H3. The Morgan fingerprint density at radius 2 is 1.84 bits per heavy atom. The van der Waals surface area contributed by atoms with Gasteiger partial charge >= 0.3 is 0 Å². The largest absolute Gasteiger partial charge is 0.493 e. The average molecular weight is 423 g/mol. The number of carbonyl (C=O) groups excluding carboxylic acids is 2. The van der Waals surface area contributed by atoms with Gasteiger partial charge in [0.2, 0.25) is 11.8 Å². The molecule has 6 nitrogen and oxygen atoms in total. The molecule has 0 radical (unpaired) electrons. The molecule has 2 aromatic rings. The summed E-state index contributed by atoms with van der Waals surface area (Å²) >= 11 is 0. The number of amides is 2. The monoisotopic (exact) mass is 422 g/mol. The molecule has 2 saturated heterocycles. The average Bonchev–Trinajstić information content (AvgIpc) is 3.42. The third-order valence-electron chi connectivity index (χ3n) is 6.67. The fraction of sp³-hybridized carbons (Fsp3) is 0.440. The van der Waals surface area contributed by atoms with E-state index < -0.39 is 0 Å². The van der Waals surface area contributed by atoms with E-state index in [4.69, 9.17) is 9.47 Å². The second-order valence-corrected chi connectivity index (χ2v) is 8.43. The van der Waals surface area contributed by atoms with Crippen molar-refractivity contribution in [1.29, 1.82) is 0 Å². The number of rotatable bonds is 5. The summed E-state index contributed by atoms with van der Waals surface area (Å²) < 4.78 is 10.8. The molecule has 4 rings (SSSR count). The summed E-state index contributed by atoms with van der Waals surface area (Å²) in [7, 11) is 3.23. The van der Waals surface area contributed by atoms with Crippen LogP contribution < -0.4 is 14.4 Å². The number of hydrogen-bond acceptors (Lipinski definition) is 4. The number of carbonyl (C=O) groups is 2. The molecule has 31 heavy (non-hydrogen) atoms. The Balaban J connectivity index is 1.54. The minimum absolute atomic E-state index is 0.00263. The van der Waals surface area contributed by atoms with E-state index in [1.165, 1.54) is 0 Å². The van der Waals surface area contributed by atoms with Crippen molar-refractivity contribution in [2.24, 2.45) is 5.92 Å². The van der Waals surface area contributed by atoms with Crippen LogP contribution in [-0.4, -0.2) is 44.0 Å². The maximum atomic E-state index is 13.5. The van der Waals surface area contributed by atoms with Crippen LogP contribution in [0.25, 0.3) is 0 Å². The van der Waals surface area contributed by atoms with Crippen LogP contribution in [0.4, 0.5) is 5.69 Å². The van der Waals surface area contributed by atoms with Crippen LogP contribution in [0.1, 0.15) is 42.0 Å². The van der Waals surface area contributed by atoms with E-state index >= 15 is 0 Å². The zero-order chi connectivity index (χ0) is 22.1. The molecule has 2 aliphatic heterocycles. The molecule has 0 saturated carbocycles. The number of methoxy groups -OCH3 is 2. The zero-order valence-corrected chi connectivity index (χ0v) is 18.7. The van der Waals surface area contributed by atoms with Gasteiger partial charge in [0, 0.05) is 25.2 Å². The van der Waals surface area contributed by atoms with Crippen LogP contribution in [-0.2, 0) is 9.59 Å². The van der Waals surface area contributed by atoms with E-state index in [1.807, 2.05) is 55.1 Å². The molecule has 2 heterocycles. The Labute approximate surface area is 183 Å². The lowest BCUT2D eigenvalue weighted by Gasteiger charge is -2.28. The van der Waals surface area contributed by atoms with Crippen LogP contribution in [0.5, 0.6) is 11.5 Å². The highest BCUT2D eigenvalue weighted by atomic mass is 16.5. The first-order chi connectivity index (χ1) is 14.9. The second kappa shape index (κ2) is 8.61. The Morgan fingerprint density at radius 1 is 1.06 bits per heavy atom. The molecule has 2 fully saturated rings. The lowest BCUT2D eigenvalue weighted by atomic mass is 10.0. The molecular weight excluding hydrogens is 392 g/mol. The fourth-order valence-corrected chi connectivity index (χ4v) is 4.81. The first kappa shape index (κ1) is 21.2. The van der Waals surface area contributed by atoms with E-state index in [0.29, 0.717) is 24.6 Å². The summed E-state index contributed by atoms with van der Waals surface area (Å²) in [5.74, 6) is 1.12. The summed E-state index contributed by atoms with van der Waals surface area (Å²) in [5, 5.41) is 0. The van der Waals surface area contributed by atoms with E-state index in [-0.39, 0.29) is 30.2 Å². The fourth-order valence-electron chi connectivity index (χ4n) is 4.81. The van der Waals surface area contributed by atoms with E-state index in [9.17, 15) is 9.59 Å². The topological polar surface area (TPSA) is 59.1 Å². The van der Waals surface area contributed by atoms with Gasteiger partial charge in [-0.15, -0.1) is 0 Å². The Kier molecular flexibility index (Phi) is 5.90. The highest BCUT2D eigenvalue weighted by Crippen LogP contribution is 2.39. The van der Waals surface area contributed by atoms with E-state index in [0.717, 1.165) is 35.2 Å². The van der Waals surface area contributed by atoms with Gasteiger partial charge in [-0.3, -0.25) is 9.59 Å². The van der Waals surface area contributed by atoms with E-state index in [2.05, 4.69) is 0 Å². The van der Waals surface area contributed by atoms with Crippen molar-refractivity contribution in [3.8, 4) is 11.5 Å². The highest BCUT2D eigenvalue weighted by Gasteiger charge is 2.41. The predicted octanol–water partition coefficient (Wildman–Crippen LogP) is 4.04. The van der Waals surface area contributed by atoms with Crippen molar-refractivity contribution in [3.63, 3.8) is 0 Å². The highest BCUT2D eigenvalue weighted by molar-refractivity contribution is 6.01. The molecule has 0 aromatic heterocycles. The molecule has 0 N–H and O–H groups in total. The molecule has 2 amide bonds. The van der Waals surface area contributed by atoms with Gasteiger partial charge in [-0.2, -0.15) is 0 Å². The number of aryl methyl sites for hydroxylation is 1. The van der Waals surface area contributed by atoms with Gasteiger partial charge in [-0.25, -0.2) is 0 Å². The molecule has 0 spiro atoms. The third kappa shape index (κ3) is 3.87. The van der Waals surface area contributed by atoms with Crippen LogP contribution in [0.2, 0.25) is 0 Å². The van der Waals surface area contributed by atoms with Gasteiger partial charge in [0.1, 0.15) is 0 Å². The van der Waals surface area contributed by atoms with Crippen molar-refractivity contribution < 1.29 is 19.1 Å². The van der Waals surface area contributed by atoms with Crippen molar-refractivity contribution in [3.05, 3.63) is 53.1 Å². The van der Waals surface area contributed by atoms with Crippen LogP contribution in [0.15, 0.2) is 36.4 Å². The van der Waals surface area contributed by atoms with Gasteiger partial charge in [0.15, 0.2) is 11.5 Å². The van der Waals surface area contributed by atoms with E-state index in [1.54, 1.807) is 19.1 Å². The minimum atomic E-state index is -0.312. The minimum Gasteiger partial charge on any atom is -0.493 e. The molecule has 2 aliphatic rings. The van der Waals surface area contributed by atoms with Crippen LogP contribution in [0, 0.1) is 19.8 Å². The van der Waals surface area contributed by atoms with Gasteiger partial charge in [-0.1, -0.05) is 18.2 Å². The van der Waals surface area contributed by atoms with Crippen LogP contribution >= 0.6 is 0 Å². The lowest BCUT2D eigenvalue weighted by Crippen LogP contribution is -2.37. The Bertz CT molecular complexity index is 1000. The van der Waals surface area contributed by atoms with Gasteiger partial charge in [0.25, 0.3) is 0 Å². The number of ether oxygens (including phenoxy) is 2. The van der Waals surface area contributed by atoms with Gasteiger partial charge < -0.3 is 19.3 Å². The normalized spacial score (nSPS) is 21.0. The lowest BCUT2D eigenvalue weighted by molar-refractivity contribution is -0.136. The number of anilines is 1. The second-order valence-electron chi connectivity index (χ2n) is 8.43. The Hall–Kier alpha value is -3.02. The first-order valence-corrected chi connectivity index (χ1v) is 10.8. The molecule has 2 atom stereocenters. The molecule has 164 valence electrons. The first-order valence-electron chi connectivity index (χ1n) is 10.8. The van der Waals surface area contributed by atoms with Crippen molar-refractivity contribution in [2.75, 3.05) is 32.2 Å². The maximum Gasteiger partial charge on any atom is 0.228 e. The van der Waals surface area contributed by atoms with Crippen molar-refractivity contribution in [2.45, 2.75) is 39.2 Å². The summed E-state index contributed by atoms with van der Waals surface area (Å²) in [6.07, 6.45) is 2.12. The Morgan fingerprint density at radius 3 is 2.58 bits per heavy atom. The maximum absolute atomic E-state index is 13.5. The van der Waals surface area contributed by atoms with Crippen molar-refractivity contribution in [1.82, 2.24) is 4.90 Å². The molecule has 0 aliphatic carbocycles. The SMILES string of the molecule is COc1ccc(C2CCCN2C(=O)C2CC(=O)N(c3cccc(C)c3C)C2)cc1OC. The number of likely N-dealkylation sites (tertiary alicyclic amines) is 1. The summed E-state index contributed by atoms with van der Waals surface area (Å²) in [4.78, 5) is 30.0. The molecular formula is C25H30N2O4. The quantitative estimate of drug-likeness (QED) is 0.730. The smallest absolute Gasteiger partial charge is 0.228 e. The molecule has 6 heteroatoms. The number of benzene rings is 2. The third-order valence-corrected chi connectivity index (χ3v) is 6.67. The summed E-state index contributed by atoms with van der Waals surface area (Å²) in [6.45, 7) is 5.23. The van der Waals surface area contributed by atoms with Crippen LogP contribution in [0.3, 0.4) is 0 Å². The van der Waals surface area contributed by atoms with Gasteiger partial charge in [0.05, 0.1) is 26.2 Å². The van der Waals surface area contributed by atoms with Crippen molar-refractivity contribution >= 4 is 17.5 Å². The molecule has 2 unspecified atom stereocenters. The molecule has 0 bridgehead atoms. The number of hydrogen-bond donors (Lipinski definition) is 0. The summed E-state index contributed by atoms with van der Waals surface area (Å²) in [5.41, 5.74) is 4.19.